The molecule has 1 unspecified atom stereocenters. The number of carboxylic acids is 1. The van der Waals surface area contributed by atoms with Crippen molar-refractivity contribution in [2.45, 2.75) is 39.7 Å². The number of hydrogen-bond donors (Lipinski definition) is 2. The zero-order valence-corrected chi connectivity index (χ0v) is 12.4. The Labute approximate surface area is 123 Å². The first-order valence-corrected chi connectivity index (χ1v) is 6.92. The molecule has 2 heterocycles. The van der Waals surface area contributed by atoms with Gasteiger partial charge < -0.3 is 14.8 Å². The number of aromatic carboxylic acids is 1. The van der Waals surface area contributed by atoms with Gasteiger partial charge in [-0.1, -0.05) is 13.3 Å². The lowest BCUT2D eigenvalue weighted by Crippen LogP contribution is -2.10. The van der Waals surface area contributed by atoms with Gasteiger partial charge in [-0.3, -0.25) is 0 Å². The number of aryl methyl sites for hydroxylation is 2. The number of carbonyl (C=O) groups is 1. The molecule has 2 rings (SSSR count). The molecule has 2 aromatic heterocycles. The lowest BCUT2D eigenvalue weighted by atomic mass is 10.1. The van der Waals surface area contributed by atoms with E-state index in [1.807, 2.05) is 20.8 Å². The number of nitrogens with one attached hydrogen (secondary N) is 1. The van der Waals surface area contributed by atoms with Gasteiger partial charge in [0, 0.05) is 5.69 Å². The first kappa shape index (κ1) is 15.0. The van der Waals surface area contributed by atoms with Crippen molar-refractivity contribution in [2.75, 3.05) is 5.32 Å². The average Bonchev–Trinajstić information content (AvgIpc) is 2.85. The monoisotopic (exact) mass is 289 g/mol. The van der Waals surface area contributed by atoms with Crippen LogP contribution in [-0.4, -0.2) is 21.0 Å². The minimum Gasteiger partial charge on any atom is -0.478 e. The van der Waals surface area contributed by atoms with Crippen LogP contribution in [0.2, 0.25) is 0 Å². The summed E-state index contributed by atoms with van der Waals surface area (Å²) in [6.45, 7) is 5.74. The van der Waals surface area contributed by atoms with Crippen molar-refractivity contribution in [2.24, 2.45) is 0 Å². The van der Waals surface area contributed by atoms with Crippen LogP contribution in [0.5, 0.6) is 0 Å². The molecule has 2 N–H and O–H groups in total. The second-order valence-corrected chi connectivity index (χ2v) is 4.96. The summed E-state index contributed by atoms with van der Waals surface area (Å²) in [4.78, 5) is 19.8. The number of pyridine rings is 1. The molecule has 6 heteroatoms. The molecule has 0 saturated carbocycles. The van der Waals surface area contributed by atoms with E-state index >= 15 is 0 Å². The Balaban J connectivity index is 2.23. The molecule has 0 fully saturated rings. The van der Waals surface area contributed by atoms with E-state index in [1.54, 1.807) is 12.3 Å². The van der Waals surface area contributed by atoms with Crippen molar-refractivity contribution in [1.82, 2.24) is 9.97 Å². The van der Waals surface area contributed by atoms with Crippen LogP contribution in [0.25, 0.3) is 0 Å². The zero-order chi connectivity index (χ0) is 15.4. The molecule has 0 saturated heterocycles. The van der Waals surface area contributed by atoms with Crippen LogP contribution in [0.1, 0.15) is 54.0 Å². The molecule has 0 aliphatic heterocycles. The molecular formula is C15H19N3O3. The van der Waals surface area contributed by atoms with E-state index in [4.69, 9.17) is 4.42 Å². The SMILES string of the molecule is CCCc1cc(C(=O)O)cc(NC(C)c2ncc(C)o2)n1. The summed E-state index contributed by atoms with van der Waals surface area (Å²) in [6, 6.07) is 2.94. The Morgan fingerprint density at radius 1 is 1.48 bits per heavy atom. The summed E-state index contributed by atoms with van der Waals surface area (Å²) in [7, 11) is 0. The Hall–Kier alpha value is -2.37. The molecule has 21 heavy (non-hydrogen) atoms. The van der Waals surface area contributed by atoms with Gasteiger partial charge in [-0.2, -0.15) is 0 Å². The van der Waals surface area contributed by atoms with Crippen LogP contribution >= 0.6 is 0 Å². The lowest BCUT2D eigenvalue weighted by Gasteiger charge is -2.13. The van der Waals surface area contributed by atoms with Crippen LogP contribution in [0, 0.1) is 6.92 Å². The predicted molar refractivity (Wildman–Crippen MR) is 78.5 cm³/mol. The highest BCUT2D eigenvalue weighted by Crippen LogP contribution is 2.19. The standard InChI is InChI=1S/C15H19N3O3/c1-4-5-12-6-11(15(19)20)7-13(18-12)17-10(3)14-16-8-9(2)21-14/h6-8,10H,4-5H2,1-3H3,(H,17,18)(H,19,20). The average molecular weight is 289 g/mol. The van der Waals surface area contributed by atoms with E-state index in [-0.39, 0.29) is 11.6 Å². The van der Waals surface area contributed by atoms with Crippen LogP contribution < -0.4 is 5.32 Å². The summed E-state index contributed by atoms with van der Waals surface area (Å²) in [6.07, 6.45) is 3.30. The molecule has 2 aromatic rings. The fraction of sp³-hybridized carbons (Fsp3) is 0.400. The van der Waals surface area contributed by atoms with Crippen molar-refractivity contribution >= 4 is 11.8 Å². The molecule has 0 radical (unpaired) electrons. The van der Waals surface area contributed by atoms with Crippen molar-refractivity contribution in [3.8, 4) is 0 Å². The van der Waals surface area contributed by atoms with Gasteiger partial charge in [-0.05, 0) is 32.4 Å². The Morgan fingerprint density at radius 3 is 2.81 bits per heavy atom. The number of carboxylic acid groups (broad SMARTS) is 1. The molecule has 0 spiro atoms. The maximum Gasteiger partial charge on any atom is 0.335 e. The maximum atomic E-state index is 11.2. The van der Waals surface area contributed by atoms with Crippen molar-refractivity contribution in [1.29, 1.82) is 0 Å². The number of rotatable bonds is 6. The van der Waals surface area contributed by atoms with E-state index < -0.39 is 5.97 Å². The smallest absolute Gasteiger partial charge is 0.335 e. The van der Waals surface area contributed by atoms with E-state index in [0.29, 0.717) is 11.7 Å². The van der Waals surface area contributed by atoms with Gasteiger partial charge in [0.15, 0.2) is 0 Å². The third kappa shape index (κ3) is 3.81. The first-order valence-electron chi connectivity index (χ1n) is 6.92. The highest BCUT2D eigenvalue weighted by Gasteiger charge is 2.14. The summed E-state index contributed by atoms with van der Waals surface area (Å²) < 4.78 is 5.46. The number of oxazole rings is 1. The molecule has 0 bridgehead atoms. The second-order valence-electron chi connectivity index (χ2n) is 4.96. The fourth-order valence-electron chi connectivity index (χ4n) is 2.03. The molecule has 0 aromatic carbocycles. The molecule has 0 aliphatic carbocycles. The molecule has 112 valence electrons. The van der Waals surface area contributed by atoms with Gasteiger partial charge in [0.1, 0.15) is 17.6 Å². The number of anilines is 1. The fourth-order valence-corrected chi connectivity index (χ4v) is 2.03. The Morgan fingerprint density at radius 2 is 2.24 bits per heavy atom. The Kier molecular flexibility index (Phi) is 4.57. The van der Waals surface area contributed by atoms with Crippen LogP contribution in [0.15, 0.2) is 22.7 Å². The predicted octanol–water partition coefficient (Wildman–Crippen LogP) is 3.20. The summed E-state index contributed by atoms with van der Waals surface area (Å²) in [5.74, 6) is 0.837. The van der Waals surface area contributed by atoms with E-state index in [9.17, 15) is 9.90 Å². The summed E-state index contributed by atoms with van der Waals surface area (Å²) in [5.41, 5.74) is 0.988. The quantitative estimate of drug-likeness (QED) is 0.849. The van der Waals surface area contributed by atoms with Gasteiger partial charge in [0.25, 0.3) is 0 Å². The van der Waals surface area contributed by atoms with Gasteiger partial charge in [0.2, 0.25) is 5.89 Å². The van der Waals surface area contributed by atoms with E-state index in [0.717, 1.165) is 24.3 Å². The Bertz CT molecular complexity index is 637. The highest BCUT2D eigenvalue weighted by molar-refractivity contribution is 5.88. The second kappa shape index (κ2) is 6.39. The third-order valence-corrected chi connectivity index (χ3v) is 3.01. The molecule has 0 amide bonds. The number of aromatic nitrogens is 2. The van der Waals surface area contributed by atoms with Gasteiger partial charge >= 0.3 is 5.97 Å². The maximum absolute atomic E-state index is 11.2. The first-order chi connectivity index (χ1) is 9.99. The topological polar surface area (TPSA) is 88.2 Å². The summed E-state index contributed by atoms with van der Waals surface area (Å²) in [5, 5.41) is 12.3. The van der Waals surface area contributed by atoms with Crippen molar-refractivity contribution < 1.29 is 14.3 Å². The zero-order valence-electron chi connectivity index (χ0n) is 12.4. The molecular weight excluding hydrogens is 270 g/mol. The van der Waals surface area contributed by atoms with E-state index in [1.165, 1.54) is 6.07 Å². The van der Waals surface area contributed by atoms with E-state index in [2.05, 4.69) is 15.3 Å². The number of hydrogen-bond acceptors (Lipinski definition) is 5. The van der Waals surface area contributed by atoms with Crippen LogP contribution in [0.4, 0.5) is 5.82 Å². The van der Waals surface area contributed by atoms with Gasteiger partial charge in [-0.15, -0.1) is 0 Å². The normalized spacial score (nSPS) is 12.1. The highest BCUT2D eigenvalue weighted by atomic mass is 16.4. The van der Waals surface area contributed by atoms with Crippen molar-refractivity contribution in [3.63, 3.8) is 0 Å². The number of nitrogens with zero attached hydrogens (tertiary/aromatic N) is 2. The van der Waals surface area contributed by atoms with Crippen LogP contribution in [0.3, 0.4) is 0 Å². The third-order valence-electron chi connectivity index (χ3n) is 3.01. The van der Waals surface area contributed by atoms with Crippen LogP contribution in [-0.2, 0) is 6.42 Å². The molecule has 6 nitrogen and oxygen atoms in total. The lowest BCUT2D eigenvalue weighted by molar-refractivity contribution is 0.0696. The van der Waals surface area contributed by atoms with Gasteiger partial charge in [-0.25, -0.2) is 14.8 Å². The minimum atomic E-state index is -0.961. The molecule has 1 atom stereocenters. The van der Waals surface area contributed by atoms with Gasteiger partial charge in [0.05, 0.1) is 11.8 Å². The largest absolute Gasteiger partial charge is 0.478 e. The minimum absolute atomic E-state index is 0.190. The molecule has 0 aliphatic rings. The van der Waals surface area contributed by atoms with Crippen molar-refractivity contribution in [3.05, 3.63) is 41.2 Å². The summed E-state index contributed by atoms with van der Waals surface area (Å²) >= 11 is 0.